The minimum Gasteiger partial charge on any atom is -0.481 e. The summed E-state index contributed by atoms with van der Waals surface area (Å²) < 4.78 is 5.83. The number of nitrogens with one attached hydrogen (secondary N) is 1. The molecule has 1 aromatic carbocycles. The summed E-state index contributed by atoms with van der Waals surface area (Å²) in [6.45, 7) is 6.42. The summed E-state index contributed by atoms with van der Waals surface area (Å²) >= 11 is 0. The molecule has 0 aliphatic carbocycles. The second-order valence-electron chi connectivity index (χ2n) is 5.53. The molecule has 4 heteroatoms. The van der Waals surface area contributed by atoms with E-state index in [0.717, 1.165) is 16.9 Å². The average molecular weight is 298 g/mol. The van der Waals surface area contributed by atoms with E-state index in [0.29, 0.717) is 12.5 Å². The second kappa shape index (κ2) is 7.59. The lowest BCUT2D eigenvalue weighted by Crippen LogP contribution is -2.36. The molecular formula is C18H22N2O2. The van der Waals surface area contributed by atoms with Gasteiger partial charge in [-0.05, 0) is 36.1 Å². The number of aromatic nitrogens is 1. The van der Waals surface area contributed by atoms with Crippen molar-refractivity contribution in [3.63, 3.8) is 0 Å². The van der Waals surface area contributed by atoms with Gasteiger partial charge < -0.3 is 10.1 Å². The van der Waals surface area contributed by atoms with E-state index in [2.05, 4.69) is 24.1 Å². The molecule has 116 valence electrons. The molecule has 0 radical (unpaired) electrons. The number of carbonyl (C=O) groups is 1. The third kappa shape index (κ3) is 4.32. The SMILES string of the molecule is CC(C)c1ccccc1O[C@H](C)C(=O)NCc1cccnc1. The molecule has 0 fully saturated rings. The highest BCUT2D eigenvalue weighted by molar-refractivity contribution is 5.80. The zero-order chi connectivity index (χ0) is 15.9. The Kier molecular flexibility index (Phi) is 5.53. The number of benzene rings is 1. The first-order chi connectivity index (χ1) is 10.6. The molecule has 1 atom stereocenters. The van der Waals surface area contributed by atoms with Gasteiger partial charge in [-0.2, -0.15) is 0 Å². The van der Waals surface area contributed by atoms with Gasteiger partial charge in [0.2, 0.25) is 0 Å². The van der Waals surface area contributed by atoms with Crippen LogP contribution in [0.2, 0.25) is 0 Å². The molecule has 0 bridgehead atoms. The highest BCUT2D eigenvalue weighted by Crippen LogP contribution is 2.26. The first-order valence-corrected chi connectivity index (χ1v) is 7.50. The van der Waals surface area contributed by atoms with E-state index in [1.54, 1.807) is 19.3 Å². The minimum absolute atomic E-state index is 0.137. The molecule has 0 saturated carbocycles. The molecule has 4 nitrogen and oxygen atoms in total. The lowest BCUT2D eigenvalue weighted by atomic mass is 10.0. The van der Waals surface area contributed by atoms with Crippen molar-refractivity contribution in [2.45, 2.75) is 39.3 Å². The van der Waals surface area contributed by atoms with Crippen LogP contribution in [0.3, 0.4) is 0 Å². The first kappa shape index (κ1) is 16.0. The van der Waals surface area contributed by atoms with E-state index in [-0.39, 0.29) is 5.91 Å². The van der Waals surface area contributed by atoms with Crippen molar-refractivity contribution in [1.82, 2.24) is 10.3 Å². The van der Waals surface area contributed by atoms with Gasteiger partial charge >= 0.3 is 0 Å². The summed E-state index contributed by atoms with van der Waals surface area (Å²) in [5, 5.41) is 2.86. The highest BCUT2D eigenvalue weighted by Gasteiger charge is 2.16. The third-order valence-corrected chi connectivity index (χ3v) is 3.40. The monoisotopic (exact) mass is 298 g/mol. The van der Waals surface area contributed by atoms with Gasteiger partial charge in [-0.1, -0.05) is 38.1 Å². The molecule has 1 amide bonds. The van der Waals surface area contributed by atoms with E-state index >= 15 is 0 Å². The number of nitrogens with zero attached hydrogens (tertiary/aromatic N) is 1. The van der Waals surface area contributed by atoms with Crippen LogP contribution >= 0.6 is 0 Å². The molecular weight excluding hydrogens is 276 g/mol. The number of ether oxygens (including phenoxy) is 1. The van der Waals surface area contributed by atoms with E-state index < -0.39 is 6.10 Å². The Balaban J connectivity index is 1.94. The Labute approximate surface area is 131 Å². The highest BCUT2D eigenvalue weighted by atomic mass is 16.5. The van der Waals surface area contributed by atoms with Gasteiger partial charge in [-0.3, -0.25) is 9.78 Å². The average Bonchev–Trinajstić information content (AvgIpc) is 2.53. The number of carbonyl (C=O) groups excluding carboxylic acids is 1. The van der Waals surface area contributed by atoms with Gasteiger partial charge in [-0.25, -0.2) is 0 Å². The Morgan fingerprint density at radius 3 is 2.64 bits per heavy atom. The van der Waals surface area contributed by atoms with Crippen LogP contribution < -0.4 is 10.1 Å². The van der Waals surface area contributed by atoms with E-state index in [9.17, 15) is 4.79 Å². The minimum atomic E-state index is -0.545. The maximum absolute atomic E-state index is 12.1. The van der Waals surface area contributed by atoms with Gasteiger partial charge in [0.15, 0.2) is 6.10 Å². The Morgan fingerprint density at radius 2 is 1.95 bits per heavy atom. The van der Waals surface area contributed by atoms with Gasteiger partial charge in [0.05, 0.1) is 0 Å². The van der Waals surface area contributed by atoms with Crippen molar-refractivity contribution in [3.05, 3.63) is 59.9 Å². The van der Waals surface area contributed by atoms with Crippen LogP contribution in [0.1, 0.15) is 37.8 Å². The number of rotatable bonds is 6. The second-order valence-corrected chi connectivity index (χ2v) is 5.53. The van der Waals surface area contributed by atoms with Crippen LogP contribution in [0.15, 0.2) is 48.8 Å². The molecule has 0 aliphatic rings. The van der Waals surface area contributed by atoms with E-state index in [4.69, 9.17) is 4.74 Å². The van der Waals surface area contributed by atoms with Crippen LogP contribution in [-0.2, 0) is 11.3 Å². The van der Waals surface area contributed by atoms with Crippen molar-refractivity contribution in [2.24, 2.45) is 0 Å². The predicted molar refractivity (Wildman–Crippen MR) is 86.7 cm³/mol. The summed E-state index contributed by atoms with van der Waals surface area (Å²) in [6, 6.07) is 11.6. The normalized spacial score (nSPS) is 12.0. The largest absolute Gasteiger partial charge is 0.481 e. The Hall–Kier alpha value is -2.36. The summed E-state index contributed by atoms with van der Waals surface area (Å²) in [7, 11) is 0. The van der Waals surface area contributed by atoms with E-state index in [1.807, 2.05) is 36.4 Å². The topological polar surface area (TPSA) is 51.2 Å². The Morgan fingerprint density at radius 1 is 1.18 bits per heavy atom. The molecule has 2 aromatic rings. The quantitative estimate of drug-likeness (QED) is 0.890. The maximum atomic E-state index is 12.1. The van der Waals surface area contributed by atoms with E-state index in [1.165, 1.54) is 0 Å². The predicted octanol–water partition coefficient (Wildman–Crippen LogP) is 3.29. The standard InChI is InChI=1S/C18H22N2O2/c1-13(2)16-8-4-5-9-17(16)22-14(3)18(21)20-12-15-7-6-10-19-11-15/h4-11,13-14H,12H2,1-3H3,(H,20,21)/t14-/m1/s1. The number of hydrogen-bond donors (Lipinski definition) is 1. The third-order valence-electron chi connectivity index (χ3n) is 3.40. The summed E-state index contributed by atoms with van der Waals surface area (Å²) in [4.78, 5) is 16.2. The zero-order valence-electron chi connectivity index (χ0n) is 13.2. The first-order valence-electron chi connectivity index (χ1n) is 7.50. The lowest BCUT2D eigenvalue weighted by Gasteiger charge is -2.18. The van der Waals surface area contributed by atoms with Crippen molar-refractivity contribution in [1.29, 1.82) is 0 Å². The summed E-state index contributed by atoms with van der Waals surface area (Å²) in [5.41, 5.74) is 2.07. The molecule has 0 spiro atoms. The van der Waals surface area contributed by atoms with Crippen molar-refractivity contribution < 1.29 is 9.53 Å². The number of amides is 1. The fraction of sp³-hybridized carbons (Fsp3) is 0.333. The molecule has 0 unspecified atom stereocenters. The maximum Gasteiger partial charge on any atom is 0.261 e. The number of para-hydroxylation sites is 1. The fourth-order valence-corrected chi connectivity index (χ4v) is 2.14. The van der Waals surface area contributed by atoms with Crippen LogP contribution in [0.4, 0.5) is 0 Å². The molecule has 2 rings (SSSR count). The van der Waals surface area contributed by atoms with Gasteiger partial charge in [-0.15, -0.1) is 0 Å². The van der Waals surface area contributed by atoms with Crippen molar-refractivity contribution >= 4 is 5.91 Å². The van der Waals surface area contributed by atoms with Gasteiger partial charge in [0, 0.05) is 18.9 Å². The Bertz CT molecular complexity index is 611. The number of hydrogen-bond acceptors (Lipinski definition) is 3. The molecule has 1 aromatic heterocycles. The lowest BCUT2D eigenvalue weighted by molar-refractivity contribution is -0.127. The van der Waals surface area contributed by atoms with Crippen molar-refractivity contribution in [2.75, 3.05) is 0 Å². The summed E-state index contributed by atoms with van der Waals surface area (Å²) in [5.74, 6) is 0.978. The van der Waals surface area contributed by atoms with Crippen LogP contribution in [0, 0.1) is 0 Å². The molecule has 1 N–H and O–H groups in total. The van der Waals surface area contributed by atoms with Crippen LogP contribution in [0.5, 0.6) is 5.75 Å². The zero-order valence-corrected chi connectivity index (χ0v) is 13.2. The molecule has 22 heavy (non-hydrogen) atoms. The van der Waals surface area contributed by atoms with Crippen molar-refractivity contribution in [3.8, 4) is 5.75 Å². The summed E-state index contributed by atoms with van der Waals surface area (Å²) in [6.07, 6.45) is 2.90. The van der Waals surface area contributed by atoms with Gasteiger partial charge in [0.25, 0.3) is 5.91 Å². The van der Waals surface area contributed by atoms with Crippen LogP contribution in [0.25, 0.3) is 0 Å². The van der Waals surface area contributed by atoms with Gasteiger partial charge in [0.1, 0.15) is 5.75 Å². The fourth-order valence-electron chi connectivity index (χ4n) is 2.14. The molecule has 0 aliphatic heterocycles. The smallest absolute Gasteiger partial charge is 0.261 e. The molecule has 0 saturated heterocycles. The van der Waals surface area contributed by atoms with Crippen LogP contribution in [-0.4, -0.2) is 17.0 Å². The number of pyridine rings is 1. The molecule has 1 heterocycles.